The maximum atomic E-state index is 2.31. The summed E-state index contributed by atoms with van der Waals surface area (Å²) in [5.41, 5.74) is 10.0. The minimum Gasteiger partial charge on any atom is -0.0835 e. The van der Waals surface area contributed by atoms with Gasteiger partial charge < -0.3 is 0 Å². The van der Waals surface area contributed by atoms with Gasteiger partial charge in [0.1, 0.15) is 0 Å². The second-order valence-corrected chi connectivity index (χ2v) is 6.49. The third-order valence-corrected chi connectivity index (χ3v) is 4.83. The van der Waals surface area contributed by atoms with Gasteiger partial charge in [-0.1, -0.05) is 80.1 Å². The fraction of sp³-hybridized carbons (Fsp3) is 0.250. The second kappa shape index (κ2) is 7.49. The number of hydrogen-bond acceptors (Lipinski definition) is 0. The quantitative estimate of drug-likeness (QED) is 0.600. The van der Waals surface area contributed by atoms with Crippen molar-refractivity contribution in [2.75, 3.05) is 0 Å². The molecule has 0 saturated carbocycles. The Kier molecular flexibility index (Phi) is 5.15. The normalized spacial score (nSPS) is 17.1. The van der Waals surface area contributed by atoms with Gasteiger partial charge in [-0.25, -0.2) is 0 Å². The molecular formula is C24H26. The molecule has 0 saturated heterocycles. The minimum absolute atomic E-state index is 1.06. The highest BCUT2D eigenvalue weighted by Crippen LogP contribution is 2.40. The Bertz CT molecular complexity index is 801. The molecule has 0 N–H and O–H groups in total. The molecular weight excluding hydrogens is 288 g/mol. The number of allylic oxidation sites excluding steroid dienone is 5. The molecule has 0 atom stereocenters. The highest BCUT2D eigenvalue weighted by molar-refractivity contribution is 5.89. The highest BCUT2D eigenvalue weighted by Gasteiger charge is 2.23. The molecule has 0 fully saturated rings. The van der Waals surface area contributed by atoms with E-state index in [1.807, 2.05) is 0 Å². The van der Waals surface area contributed by atoms with Crippen LogP contribution >= 0.6 is 0 Å². The Balaban J connectivity index is 2.03. The summed E-state index contributed by atoms with van der Waals surface area (Å²) in [6.45, 7) is 6.67. The van der Waals surface area contributed by atoms with E-state index >= 15 is 0 Å². The maximum Gasteiger partial charge on any atom is -0.00166 e. The van der Waals surface area contributed by atoms with Crippen LogP contribution in [0.4, 0.5) is 0 Å². The molecule has 24 heavy (non-hydrogen) atoms. The van der Waals surface area contributed by atoms with Crippen molar-refractivity contribution in [3.63, 3.8) is 0 Å². The number of rotatable bonds is 4. The van der Waals surface area contributed by atoms with E-state index in [0.29, 0.717) is 0 Å². The van der Waals surface area contributed by atoms with Gasteiger partial charge in [-0.05, 0) is 65.7 Å². The topological polar surface area (TPSA) is 0 Å². The number of benzene rings is 2. The molecule has 0 spiro atoms. The zero-order valence-corrected chi connectivity index (χ0v) is 15.0. The molecule has 0 heteroatoms. The first kappa shape index (κ1) is 16.5. The summed E-state index contributed by atoms with van der Waals surface area (Å²) in [7, 11) is 0. The van der Waals surface area contributed by atoms with Gasteiger partial charge in [-0.2, -0.15) is 0 Å². The lowest BCUT2D eigenvalue weighted by molar-refractivity contribution is 0.908. The van der Waals surface area contributed by atoms with Crippen molar-refractivity contribution in [2.24, 2.45) is 0 Å². The fourth-order valence-electron chi connectivity index (χ4n) is 3.58. The summed E-state index contributed by atoms with van der Waals surface area (Å²) < 4.78 is 0. The van der Waals surface area contributed by atoms with Crippen LogP contribution in [-0.2, 0) is 12.8 Å². The second-order valence-electron chi connectivity index (χ2n) is 6.49. The van der Waals surface area contributed by atoms with E-state index < -0.39 is 0 Å². The van der Waals surface area contributed by atoms with Crippen LogP contribution in [-0.4, -0.2) is 0 Å². The van der Waals surface area contributed by atoms with E-state index in [9.17, 15) is 0 Å². The van der Waals surface area contributed by atoms with Crippen LogP contribution in [0.15, 0.2) is 66.3 Å². The van der Waals surface area contributed by atoms with E-state index in [2.05, 4.69) is 87.5 Å². The summed E-state index contributed by atoms with van der Waals surface area (Å²) >= 11 is 0. The fourth-order valence-corrected chi connectivity index (χ4v) is 3.58. The first-order chi connectivity index (χ1) is 11.7. The van der Waals surface area contributed by atoms with Crippen molar-refractivity contribution in [3.8, 4) is 0 Å². The average molecular weight is 314 g/mol. The van der Waals surface area contributed by atoms with E-state index in [4.69, 9.17) is 0 Å². The van der Waals surface area contributed by atoms with Crippen molar-refractivity contribution < 1.29 is 0 Å². The van der Waals surface area contributed by atoms with Crippen molar-refractivity contribution in [1.82, 2.24) is 0 Å². The zero-order valence-electron chi connectivity index (χ0n) is 15.0. The Hall–Kier alpha value is -2.34. The van der Waals surface area contributed by atoms with Crippen LogP contribution in [0, 0.1) is 6.92 Å². The van der Waals surface area contributed by atoms with E-state index in [1.54, 1.807) is 0 Å². The summed E-state index contributed by atoms with van der Waals surface area (Å²) in [5.74, 6) is 0. The van der Waals surface area contributed by atoms with Crippen LogP contribution in [0.5, 0.6) is 0 Å². The van der Waals surface area contributed by atoms with Crippen LogP contribution in [0.25, 0.3) is 11.6 Å². The lowest BCUT2D eigenvalue weighted by Crippen LogP contribution is -1.96. The van der Waals surface area contributed by atoms with Crippen LogP contribution < -0.4 is 0 Å². The molecule has 0 aromatic heterocycles. The van der Waals surface area contributed by atoms with Gasteiger partial charge in [0.05, 0.1) is 0 Å². The summed E-state index contributed by atoms with van der Waals surface area (Å²) in [6.07, 6.45) is 12.4. The SMILES string of the molecule is C\C=C1/Cc2ccc(C)c(CCC)c2/C1=C/C=C\c1ccccc1. The standard InChI is InChI=1S/C24H26/c1-4-10-22-18(3)15-16-21-17-20(5-2)23(24(21)22)14-9-13-19-11-7-6-8-12-19/h5-9,11-16H,4,10,17H2,1-3H3/b13-9-,20-5+,23-14+. The minimum atomic E-state index is 1.06. The van der Waals surface area contributed by atoms with Crippen molar-refractivity contribution >= 4 is 11.6 Å². The van der Waals surface area contributed by atoms with Crippen molar-refractivity contribution in [2.45, 2.75) is 40.0 Å². The summed E-state index contributed by atoms with van der Waals surface area (Å²) in [5, 5.41) is 0. The van der Waals surface area contributed by atoms with E-state index in [-0.39, 0.29) is 0 Å². The van der Waals surface area contributed by atoms with Crippen LogP contribution in [0.3, 0.4) is 0 Å². The highest BCUT2D eigenvalue weighted by atomic mass is 14.3. The van der Waals surface area contributed by atoms with Gasteiger partial charge in [-0.3, -0.25) is 0 Å². The molecule has 0 bridgehead atoms. The third kappa shape index (κ3) is 3.28. The molecule has 2 aromatic rings. The maximum absolute atomic E-state index is 2.31. The van der Waals surface area contributed by atoms with Gasteiger partial charge >= 0.3 is 0 Å². The number of fused-ring (bicyclic) bond motifs is 1. The van der Waals surface area contributed by atoms with E-state index in [1.165, 1.54) is 45.4 Å². The molecule has 1 aliphatic carbocycles. The summed E-state index contributed by atoms with van der Waals surface area (Å²) in [6, 6.07) is 15.1. The number of aryl methyl sites for hydroxylation is 1. The molecule has 0 aliphatic heterocycles. The van der Waals surface area contributed by atoms with Crippen molar-refractivity contribution in [3.05, 3.63) is 94.1 Å². The average Bonchev–Trinajstić information content (AvgIpc) is 2.97. The Morgan fingerprint density at radius 2 is 1.83 bits per heavy atom. The molecule has 0 unspecified atom stereocenters. The molecule has 122 valence electrons. The van der Waals surface area contributed by atoms with Gasteiger partial charge in [0.25, 0.3) is 0 Å². The molecule has 0 amide bonds. The largest absolute Gasteiger partial charge is 0.0835 e. The molecule has 3 rings (SSSR count). The number of hydrogen-bond donors (Lipinski definition) is 0. The van der Waals surface area contributed by atoms with Gasteiger partial charge in [0, 0.05) is 0 Å². The zero-order chi connectivity index (χ0) is 16.9. The Morgan fingerprint density at radius 1 is 1.04 bits per heavy atom. The molecule has 1 aliphatic rings. The van der Waals surface area contributed by atoms with Crippen LogP contribution in [0.2, 0.25) is 0 Å². The molecule has 0 radical (unpaired) electrons. The van der Waals surface area contributed by atoms with E-state index in [0.717, 1.165) is 12.8 Å². The van der Waals surface area contributed by atoms with Gasteiger partial charge in [0.2, 0.25) is 0 Å². The predicted molar refractivity (Wildman–Crippen MR) is 106 cm³/mol. The Labute approximate surface area is 146 Å². The monoisotopic (exact) mass is 314 g/mol. The molecule has 0 nitrogen and oxygen atoms in total. The van der Waals surface area contributed by atoms with Gasteiger partial charge in [-0.15, -0.1) is 0 Å². The third-order valence-electron chi connectivity index (χ3n) is 4.83. The first-order valence-electron chi connectivity index (χ1n) is 8.95. The molecule has 2 aromatic carbocycles. The lowest BCUT2D eigenvalue weighted by atomic mass is 9.92. The first-order valence-corrected chi connectivity index (χ1v) is 8.95. The van der Waals surface area contributed by atoms with Crippen molar-refractivity contribution in [1.29, 1.82) is 0 Å². The predicted octanol–water partition coefficient (Wildman–Crippen LogP) is 6.55. The van der Waals surface area contributed by atoms with Gasteiger partial charge in [0.15, 0.2) is 0 Å². The molecule has 0 heterocycles. The smallest absolute Gasteiger partial charge is 0.00166 e. The lowest BCUT2D eigenvalue weighted by Gasteiger charge is -2.12. The summed E-state index contributed by atoms with van der Waals surface area (Å²) in [4.78, 5) is 0. The Morgan fingerprint density at radius 3 is 2.54 bits per heavy atom. The van der Waals surface area contributed by atoms with Crippen LogP contribution in [0.1, 0.15) is 48.1 Å².